The van der Waals surface area contributed by atoms with Crippen LogP contribution >= 0.6 is 0 Å². The van der Waals surface area contributed by atoms with Crippen LogP contribution in [0.3, 0.4) is 0 Å². The molecule has 3 aromatic rings. The Labute approximate surface area is 224 Å². The van der Waals surface area contributed by atoms with E-state index >= 15 is 0 Å². The molecule has 0 aliphatic carbocycles. The first-order chi connectivity index (χ1) is 18.2. The molecule has 0 unspecified atom stereocenters. The van der Waals surface area contributed by atoms with E-state index in [1.54, 1.807) is 61.5 Å². The van der Waals surface area contributed by atoms with Crippen LogP contribution in [0.5, 0.6) is 0 Å². The van der Waals surface area contributed by atoms with Crippen molar-refractivity contribution in [3.63, 3.8) is 0 Å². The highest BCUT2D eigenvalue weighted by molar-refractivity contribution is 7.92. The summed E-state index contributed by atoms with van der Waals surface area (Å²) in [5.74, 6) is -1.29. The van der Waals surface area contributed by atoms with Gasteiger partial charge in [-0.2, -0.15) is 0 Å². The molecule has 0 fully saturated rings. The van der Waals surface area contributed by atoms with Gasteiger partial charge in [0.15, 0.2) is 0 Å². The molecule has 1 N–H and O–H groups in total. The normalized spacial score (nSPS) is 12.0. The van der Waals surface area contributed by atoms with Gasteiger partial charge in [0.1, 0.15) is 18.4 Å². The van der Waals surface area contributed by atoms with E-state index in [2.05, 4.69) is 5.32 Å². The van der Waals surface area contributed by atoms with E-state index in [0.29, 0.717) is 24.2 Å². The lowest BCUT2D eigenvalue weighted by molar-refractivity contribution is -0.140. The van der Waals surface area contributed by atoms with Crippen LogP contribution in [0.15, 0.2) is 83.8 Å². The van der Waals surface area contributed by atoms with Crippen molar-refractivity contribution in [2.75, 3.05) is 17.4 Å². The fourth-order valence-electron chi connectivity index (χ4n) is 4.03. The highest BCUT2D eigenvalue weighted by atomic mass is 32.2. The first kappa shape index (κ1) is 28.8. The molecule has 0 spiro atoms. The van der Waals surface area contributed by atoms with E-state index in [4.69, 9.17) is 0 Å². The number of rotatable bonds is 12. The van der Waals surface area contributed by atoms with Gasteiger partial charge in [-0.05, 0) is 61.7 Å². The third kappa shape index (κ3) is 7.19. The lowest BCUT2D eigenvalue weighted by Gasteiger charge is -2.33. The number of halogens is 1. The van der Waals surface area contributed by atoms with Crippen molar-refractivity contribution >= 4 is 27.5 Å². The number of aryl methyl sites for hydroxylation is 1. The minimum absolute atomic E-state index is 0.0182. The van der Waals surface area contributed by atoms with Gasteiger partial charge in [-0.15, -0.1) is 0 Å². The maximum atomic E-state index is 13.9. The number of amides is 2. The molecule has 0 saturated carbocycles. The Morgan fingerprint density at radius 3 is 2.13 bits per heavy atom. The number of carbonyl (C=O) groups is 2. The van der Waals surface area contributed by atoms with Gasteiger partial charge < -0.3 is 10.2 Å². The van der Waals surface area contributed by atoms with E-state index in [1.807, 2.05) is 13.8 Å². The van der Waals surface area contributed by atoms with E-state index < -0.39 is 34.3 Å². The number of nitrogens with one attached hydrogen (secondary N) is 1. The number of anilines is 1. The number of hydrogen-bond donors (Lipinski definition) is 1. The van der Waals surface area contributed by atoms with Crippen LogP contribution in [-0.2, 0) is 26.2 Å². The second-order valence-electron chi connectivity index (χ2n) is 9.02. The Balaban J connectivity index is 2.01. The van der Waals surface area contributed by atoms with E-state index in [1.165, 1.54) is 29.2 Å². The molecule has 9 heteroatoms. The molecule has 3 rings (SSSR count). The lowest BCUT2D eigenvalue weighted by atomic mass is 10.1. The summed E-state index contributed by atoms with van der Waals surface area (Å²) in [4.78, 5) is 28.3. The maximum Gasteiger partial charge on any atom is 0.264 e. The van der Waals surface area contributed by atoms with Crippen LogP contribution in [0.4, 0.5) is 10.1 Å². The van der Waals surface area contributed by atoms with Crippen molar-refractivity contribution in [3.8, 4) is 0 Å². The first-order valence-corrected chi connectivity index (χ1v) is 14.1. The highest BCUT2D eigenvalue weighted by Crippen LogP contribution is 2.25. The molecule has 38 heavy (non-hydrogen) atoms. The van der Waals surface area contributed by atoms with Crippen LogP contribution in [0.25, 0.3) is 0 Å². The monoisotopic (exact) mass is 539 g/mol. The molecule has 2 amide bonds. The van der Waals surface area contributed by atoms with Gasteiger partial charge in [0.2, 0.25) is 11.8 Å². The number of nitrogens with zero attached hydrogens (tertiary/aromatic N) is 2. The number of para-hydroxylation sites is 1. The predicted octanol–water partition coefficient (Wildman–Crippen LogP) is 4.66. The summed E-state index contributed by atoms with van der Waals surface area (Å²) in [7, 11) is -4.11. The molecule has 7 nitrogen and oxygen atoms in total. The molecule has 0 aliphatic heterocycles. The SMILES string of the molecule is CCCNC(=O)[C@@H](CC)N(Cc1ccc(F)cc1)C(=O)CN(c1ccccc1)S(=O)(=O)c1ccc(C)cc1. The van der Waals surface area contributed by atoms with Crippen molar-refractivity contribution in [1.29, 1.82) is 0 Å². The molecular formula is C29H34FN3O4S. The Morgan fingerprint density at radius 2 is 1.55 bits per heavy atom. The quantitative estimate of drug-likeness (QED) is 0.363. The van der Waals surface area contributed by atoms with Gasteiger partial charge in [-0.3, -0.25) is 13.9 Å². The molecule has 0 bridgehead atoms. The van der Waals surface area contributed by atoms with Crippen LogP contribution in [0.2, 0.25) is 0 Å². The Morgan fingerprint density at radius 1 is 0.921 bits per heavy atom. The standard InChI is InChI=1S/C29H34FN3O4S/c1-4-19-31-29(35)27(5-2)32(20-23-13-15-24(30)16-14-23)28(34)21-33(25-9-7-6-8-10-25)38(36,37)26-17-11-22(3)12-18-26/h6-18,27H,4-5,19-21H2,1-3H3,(H,31,35)/t27-/m1/s1. The smallest absolute Gasteiger partial charge is 0.264 e. The van der Waals surface area contributed by atoms with Gasteiger partial charge in [-0.25, -0.2) is 12.8 Å². The Kier molecular flexibility index (Phi) is 10.0. The van der Waals surface area contributed by atoms with Crippen molar-refractivity contribution in [2.24, 2.45) is 0 Å². The average Bonchev–Trinajstić information content (AvgIpc) is 2.92. The van der Waals surface area contributed by atoms with Crippen LogP contribution in [0, 0.1) is 12.7 Å². The molecule has 0 heterocycles. The summed E-state index contributed by atoms with van der Waals surface area (Å²) in [6.45, 7) is 5.53. The van der Waals surface area contributed by atoms with Crippen molar-refractivity contribution in [3.05, 3.63) is 95.8 Å². The number of hydrogen-bond acceptors (Lipinski definition) is 4. The summed E-state index contributed by atoms with van der Waals surface area (Å²) < 4.78 is 42.1. The third-order valence-corrected chi connectivity index (χ3v) is 7.92. The summed E-state index contributed by atoms with van der Waals surface area (Å²) in [5.41, 5.74) is 1.85. The second kappa shape index (κ2) is 13.2. The van der Waals surface area contributed by atoms with Crippen molar-refractivity contribution in [2.45, 2.75) is 51.1 Å². The molecule has 0 saturated heterocycles. The summed E-state index contributed by atoms with van der Waals surface area (Å²) in [6, 6.07) is 19.6. The van der Waals surface area contributed by atoms with E-state index in [-0.39, 0.29) is 17.3 Å². The van der Waals surface area contributed by atoms with Crippen LogP contribution < -0.4 is 9.62 Å². The zero-order valence-electron chi connectivity index (χ0n) is 21.9. The summed E-state index contributed by atoms with van der Waals surface area (Å²) in [6.07, 6.45) is 1.04. The van der Waals surface area contributed by atoms with Crippen molar-refractivity contribution in [1.82, 2.24) is 10.2 Å². The minimum Gasteiger partial charge on any atom is -0.354 e. The topological polar surface area (TPSA) is 86.8 Å². The molecule has 3 aromatic carbocycles. The fourth-order valence-corrected chi connectivity index (χ4v) is 5.45. The maximum absolute atomic E-state index is 13.9. The summed E-state index contributed by atoms with van der Waals surface area (Å²) in [5, 5.41) is 2.84. The zero-order valence-corrected chi connectivity index (χ0v) is 22.7. The molecular weight excluding hydrogens is 505 g/mol. The Bertz CT molecular complexity index is 1310. The molecule has 202 valence electrons. The number of benzene rings is 3. The van der Waals surface area contributed by atoms with Crippen LogP contribution in [-0.4, -0.2) is 44.3 Å². The number of carbonyl (C=O) groups excluding carboxylic acids is 2. The van der Waals surface area contributed by atoms with Gasteiger partial charge in [0.05, 0.1) is 10.6 Å². The largest absolute Gasteiger partial charge is 0.354 e. The van der Waals surface area contributed by atoms with Gasteiger partial charge >= 0.3 is 0 Å². The zero-order chi connectivity index (χ0) is 27.7. The summed E-state index contributed by atoms with van der Waals surface area (Å²) >= 11 is 0. The van der Waals surface area contributed by atoms with Gasteiger partial charge in [0.25, 0.3) is 10.0 Å². The third-order valence-electron chi connectivity index (χ3n) is 6.13. The molecule has 1 atom stereocenters. The molecule has 0 aliphatic rings. The van der Waals surface area contributed by atoms with Gasteiger partial charge in [0, 0.05) is 13.1 Å². The minimum atomic E-state index is -4.11. The highest BCUT2D eigenvalue weighted by Gasteiger charge is 2.33. The second-order valence-corrected chi connectivity index (χ2v) is 10.9. The number of sulfonamides is 1. The van der Waals surface area contributed by atoms with Crippen molar-refractivity contribution < 1.29 is 22.4 Å². The fraction of sp³-hybridized carbons (Fsp3) is 0.310. The van der Waals surface area contributed by atoms with E-state index in [0.717, 1.165) is 16.3 Å². The van der Waals surface area contributed by atoms with E-state index in [9.17, 15) is 22.4 Å². The molecule has 0 radical (unpaired) electrons. The van der Waals surface area contributed by atoms with Gasteiger partial charge in [-0.1, -0.05) is 61.9 Å². The Hall–Kier alpha value is -3.72. The first-order valence-electron chi connectivity index (χ1n) is 12.6. The lowest BCUT2D eigenvalue weighted by Crippen LogP contribution is -2.52. The molecule has 0 aromatic heterocycles. The predicted molar refractivity (Wildman–Crippen MR) is 146 cm³/mol. The average molecular weight is 540 g/mol. The van der Waals surface area contributed by atoms with Crippen LogP contribution in [0.1, 0.15) is 37.8 Å².